The zero-order valence-corrected chi connectivity index (χ0v) is 11.9. The van der Waals surface area contributed by atoms with Crippen molar-refractivity contribution in [2.45, 2.75) is 26.3 Å². The molecule has 0 aliphatic carbocycles. The van der Waals surface area contributed by atoms with Crippen LogP contribution in [0, 0.1) is 0 Å². The van der Waals surface area contributed by atoms with Gasteiger partial charge in [0.1, 0.15) is 0 Å². The fourth-order valence-electron chi connectivity index (χ4n) is 2.66. The first-order valence-electron chi connectivity index (χ1n) is 6.92. The smallest absolute Gasteiger partial charge is 0.320 e. The Balaban J connectivity index is 2.28. The second-order valence-electron chi connectivity index (χ2n) is 4.93. The normalized spacial score (nSPS) is 17.5. The van der Waals surface area contributed by atoms with Crippen molar-refractivity contribution in [3.05, 3.63) is 35.4 Å². The van der Waals surface area contributed by atoms with Crippen LogP contribution < -0.4 is 0 Å². The Kier molecular flexibility index (Phi) is 4.27. The van der Waals surface area contributed by atoms with Crippen molar-refractivity contribution >= 4 is 12.0 Å². The molecule has 1 aromatic rings. The van der Waals surface area contributed by atoms with Gasteiger partial charge in [0.05, 0.1) is 5.92 Å². The van der Waals surface area contributed by atoms with Gasteiger partial charge in [-0.3, -0.25) is 4.79 Å². The summed E-state index contributed by atoms with van der Waals surface area (Å²) in [5.74, 6) is -1.52. The number of nitrogens with zero attached hydrogens (tertiary/aromatic N) is 2. The molecule has 1 aliphatic heterocycles. The predicted molar refractivity (Wildman–Crippen MR) is 75.5 cm³/mol. The maximum absolute atomic E-state index is 12.4. The molecule has 1 unspecified atom stereocenters. The molecule has 1 N–H and O–H groups in total. The molecule has 108 valence electrons. The highest BCUT2D eigenvalue weighted by Gasteiger charge is 2.33. The average molecular weight is 276 g/mol. The van der Waals surface area contributed by atoms with E-state index in [0.29, 0.717) is 19.6 Å². The van der Waals surface area contributed by atoms with Crippen molar-refractivity contribution in [2.24, 2.45) is 0 Å². The van der Waals surface area contributed by atoms with Crippen LogP contribution in [0.3, 0.4) is 0 Å². The molecule has 0 bridgehead atoms. The highest BCUT2D eigenvalue weighted by atomic mass is 16.4. The number of carboxylic acid groups (broad SMARTS) is 1. The fourth-order valence-corrected chi connectivity index (χ4v) is 2.66. The van der Waals surface area contributed by atoms with Crippen LogP contribution in [0.1, 0.15) is 30.9 Å². The Bertz CT molecular complexity index is 512. The summed E-state index contributed by atoms with van der Waals surface area (Å²) in [6.07, 6.45) is 0. The quantitative estimate of drug-likeness (QED) is 0.920. The summed E-state index contributed by atoms with van der Waals surface area (Å²) in [5, 5.41) is 9.39. The third-order valence-corrected chi connectivity index (χ3v) is 3.80. The monoisotopic (exact) mass is 276 g/mol. The molecule has 0 radical (unpaired) electrons. The average Bonchev–Trinajstić information content (AvgIpc) is 2.47. The van der Waals surface area contributed by atoms with Crippen LogP contribution in [-0.2, 0) is 11.3 Å². The van der Waals surface area contributed by atoms with E-state index in [-0.39, 0.29) is 12.6 Å². The van der Waals surface area contributed by atoms with E-state index in [2.05, 4.69) is 0 Å². The van der Waals surface area contributed by atoms with E-state index in [0.717, 1.165) is 11.1 Å². The largest absolute Gasteiger partial charge is 0.481 e. The van der Waals surface area contributed by atoms with Crippen LogP contribution in [0.4, 0.5) is 4.79 Å². The molecular formula is C15H20N2O3. The van der Waals surface area contributed by atoms with Crippen LogP contribution in [0.25, 0.3) is 0 Å². The molecule has 0 fully saturated rings. The molecule has 2 amide bonds. The molecule has 1 heterocycles. The first-order valence-corrected chi connectivity index (χ1v) is 6.92. The lowest BCUT2D eigenvalue weighted by Crippen LogP contribution is -2.47. The summed E-state index contributed by atoms with van der Waals surface area (Å²) in [6, 6.07) is 7.37. The number of hydrogen-bond donors (Lipinski definition) is 1. The van der Waals surface area contributed by atoms with E-state index in [1.165, 1.54) is 0 Å². The molecule has 5 heteroatoms. The van der Waals surface area contributed by atoms with E-state index >= 15 is 0 Å². The first kappa shape index (κ1) is 14.4. The number of benzene rings is 1. The number of aliphatic carboxylic acids is 1. The minimum atomic E-state index is -0.880. The van der Waals surface area contributed by atoms with Gasteiger partial charge in [0.25, 0.3) is 0 Å². The van der Waals surface area contributed by atoms with Gasteiger partial charge in [-0.1, -0.05) is 24.3 Å². The van der Waals surface area contributed by atoms with Crippen molar-refractivity contribution in [3.63, 3.8) is 0 Å². The van der Waals surface area contributed by atoms with E-state index in [1.807, 2.05) is 38.1 Å². The van der Waals surface area contributed by atoms with Gasteiger partial charge in [-0.05, 0) is 25.0 Å². The Morgan fingerprint density at radius 3 is 2.55 bits per heavy atom. The molecule has 0 spiro atoms. The molecular weight excluding hydrogens is 256 g/mol. The van der Waals surface area contributed by atoms with Crippen molar-refractivity contribution in [1.29, 1.82) is 0 Å². The Labute approximate surface area is 118 Å². The summed E-state index contributed by atoms with van der Waals surface area (Å²) in [4.78, 5) is 27.2. The predicted octanol–water partition coefficient (Wildman–Crippen LogP) is 2.13. The fraction of sp³-hybridized carbons (Fsp3) is 0.467. The number of carboxylic acids is 1. The summed E-state index contributed by atoms with van der Waals surface area (Å²) in [5.41, 5.74) is 1.75. The minimum Gasteiger partial charge on any atom is -0.481 e. The number of carbonyl (C=O) groups excluding carboxylic acids is 1. The summed E-state index contributed by atoms with van der Waals surface area (Å²) >= 11 is 0. The van der Waals surface area contributed by atoms with E-state index in [9.17, 15) is 14.7 Å². The van der Waals surface area contributed by atoms with E-state index in [4.69, 9.17) is 0 Å². The second-order valence-corrected chi connectivity index (χ2v) is 4.93. The number of carbonyl (C=O) groups is 2. The molecule has 1 aromatic carbocycles. The van der Waals surface area contributed by atoms with Gasteiger partial charge in [0, 0.05) is 26.2 Å². The zero-order chi connectivity index (χ0) is 14.7. The summed E-state index contributed by atoms with van der Waals surface area (Å²) in [6.45, 7) is 5.83. The standard InChI is InChI=1S/C15H20N2O3/c1-3-16(4-2)15(20)17-9-11-7-5-6-8-12(11)13(10-17)14(18)19/h5-8,13H,3-4,9-10H2,1-2H3,(H,18,19). The number of hydrogen-bond acceptors (Lipinski definition) is 2. The molecule has 5 nitrogen and oxygen atoms in total. The first-order chi connectivity index (χ1) is 9.58. The van der Waals surface area contributed by atoms with Gasteiger partial charge in [-0.2, -0.15) is 0 Å². The van der Waals surface area contributed by atoms with Crippen molar-refractivity contribution < 1.29 is 14.7 Å². The Hall–Kier alpha value is -2.04. The summed E-state index contributed by atoms with van der Waals surface area (Å²) < 4.78 is 0. The van der Waals surface area contributed by atoms with Gasteiger partial charge in [-0.25, -0.2) is 4.79 Å². The van der Waals surface area contributed by atoms with Crippen LogP contribution in [0.5, 0.6) is 0 Å². The molecule has 1 aliphatic rings. The van der Waals surface area contributed by atoms with Gasteiger partial charge >= 0.3 is 12.0 Å². The lowest BCUT2D eigenvalue weighted by atomic mass is 9.90. The maximum atomic E-state index is 12.4. The number of amides is 2. The van der Waals surface area contributed by atoms with Crippen LogP contribution in [0.2, 0.25) is 0 Å². The van der Waals surface area contributed by atoms with Crippen LogP contribution in [-0.4, -0.2) is 46.5 Å². The van der Waals surface area contributed by atoms with Gasteiger partial charge in [0.2, 0.25) is 0 Å². The number of fused-ring (bicyclic) bond motifs is 1. The third-order valence-electron chi connectivity index (χ3n) is 3.80. The molecule has 20 heavy (non-hydrogen) atoms. The van der Waals surface area contributed by atoms with Crippen molar-refractivity contribution in [2.75, 3.05) is 19.6 Å². The van der Waals surface area contributed by atoms with Crippen LogP contribution >= 0.6 is 0 Å². The lowest BCUT2D eigenvalue weighted by Gasteiger charge is -2.35. The van der Waals surface area contributed by atoms with Gasteiger partial charge in [-0.15, -0.1) is 0 Å². The lowest BCUT2D eigenvalue weighted by molar-refractivity contribution is -0.139. The number of rotatable bonds is 3. The highest BCUT2D eigenvalue weighted by molar-refractivity contribution is 5.81. The molecule has 0 aromatic heterocycles. The topological polar surface area (TPSA) is 60.9 Å². The van der Waals surface area contributed by atoms with E-state index < -0.39 is 11.9 Å². The highest BCUT2D eigenvalue weighted by Crippen LogP contribution is 2.29. The van der Waals surface area contributed by atoms with Crippen molar-refractivity contribution in [3.8, 4) is 0 Å². The van der Waals surface area contributed by atoms with Crippen molar-refractivity contribution in [1.82, 2.24) is 9.80 Å². The Morgan fingerprint density at radius 2 is 1.95 bits per heavy atom. The van der Waals surface area contributed by atoms with Gasteiger partial charge in [0.15, 0.2) is 0 Å². The second kappa shape index (κ2) is 5.94. The minimum absolute atomic E-state index is 0.0873. The van der Waals surface area contributed by atoms with Crippen LogP contribution in [0.15, 0.2) is 24.3 Å². The molecule has 2 rings (SSSR count). The molecule has 1 atom stereocenters. The zero-order valence-electron chi connectivity index (χ0n) is 11.9. The SMILES string of the molecule is CCN(CC)C(=O)N1Cc2ccccc2C(C(=O)O)C1. The third kappa shape index (κ3) is 2.61. The molecule has 0 saturated carbocycles. The van der Waals surface area contributed by atoms with E-state index in [1.54, 1.807) is 9.80 Å². The summed E-state index contributed by atoms with van der Waals surface area (Å²) in [7, 11) is 0. The maximum Gasteiger partial charge on any atom is 0.320 e. The van der Waals surface area contributed by atoms with Gasteiger partial charge < -0.3 is 14.9 Å². The number of urea groups is 1. The molecule has 0 saturated heterocycles. The Morgan fingerprint density at radius 1 is 1.30 bits per heavy atom.